The first kappa shape index (κ1) is 23.7. The molecule has 4 aliphatic rings. The zero-order valence-electron chi connectivity index (χ0n) is 19.2. The number of aliphatic hydroxyl groups is 2. The molecular formula is C23H39KO4. The van der Waals surface area contributed by atoms with E-state index in [2.05, 4.69) is 20.8 Å². The Balaban J connectivity index is 0.00000150. The van der Waals surface area contributed by atoms with Crippen LogP contribution in [0.1, 0.15) is 80.0 Å². The second kappa shape index (κ2) is 8.52. The third-order valence-corrected chi connectivity index (χ3v) is 9.91. The molecule has 0 amide bonds. The van der Waals surface area contributed by atoms with Crippen LogP contribution in [0.2, 0.25) is 0 Å². The minimum absolute atomic E-state index is 0. The van der Waals surface area contributed by atoms with Crippen molar-refractivity contribution in [3.63, 3.8) is 0 Å². The van der Waals surface area contributed by atoms with E-state index in [1.54, 1.807) is 0 Å². The van der Waals surface area contributed by atoms with Gasteiger partial charge in [0.2, 0.25) is 0 Å². The summed E-state index contributed by atoms with van der Waals surface area (Å²) in [5.74, 6) is 1.89. The van der Waals surface area contributed by atoms with Crippen molar-refractivity contribution in [3.8, 4) is 0 Å². The Hall–Kier alpha value is 1.03. The van der Waals surface area contributed by atoms with Crippen molar-refractivity contribution in [1.82, 2.24) is 0 Å². The number of carboxylic acids is 1. The molecule has 0 saturated heterocycles. The van der Waals surface area contributed by atoms with Gasteiger partial charge in [0.25, 0.3) is 0 Å². The summed E-state index contributed by atoms with van der Waals surface area (Å²) in [5.41, 5.74) is 0.434. The van der Waals surface area contributed by atoms with Gasteiger partial charge in [0.05, 0.1) is 12.2 Å². The molecule has 4 aliphatic carbocycles. The molecule has 3 N–H and O–H groups in total. The van der Waals surface area contributed by atoms with Gasteiger partial charge in [-0.3, -0.25) is 4.79 Å². The smallest absolute Gasteiger partial charge is 1.00 e. The summed E-state index contributed by atoms with van der Waals surface area (Å²) in [6.07, 6.45) is 8.12. The van der Waals surface area contributed by atoms with Crippen LogP contribution in [0.15, 0.2) is 0 Å². The van der Waals surface area contributed by atoms with E-state index in [4.69, 9.17) is 0 Å². The molecule has 10 atom stereocenters. The molecule has 0 aromatic rings. The second-order valence-electron chi connectivity index (χ2n) is 11.0. The zero-order chi connectivity index (χ0) is 19.6. The third-order valence-electron chi connectivity index (χ3n) is 9.91. The topological polar surface area (TPSA) is 77.8 Å². The van der Waals surface area contributed by atoms with Crippen molar-refractivity contribution in [2.24, 2.45) is 46.3 Å². The van der Waals surface area contributed by atoms with Crippen LogP contribution >= 0.6 is 0 Å². The van der Waals surface area contributed by atoms with Crippen molar-refractivity contribution in [3.05, 3.63) is 0 Å². The Kier molecular flexibility index (Phi) is 7.20. The molecule has 0 heterocycles. The minimum atomic E-state index is -0.683. The number of aliphatic hydroxyl groups excluding tert-OH is 2. The van der Waals surface area contributed by atoms with Crippen LogP contribution in [0, 0.1) is 46.3 Å². The molecule has 0 unspecified atom stereocenters. The van der Waals surface area contributed by atoms with Gasteiger partial charge in [0.15, 0.2) is 0 Å². The van der Waals surface area contributed by atoms with E-state index in [1.165, 1.54) is 6.42 Å². The maximum absolute atomic E-state index is 11.3. The standard InChI is InChI=1S/C23H38O4.K.H/c1-13(10-20(26)27)16-4-5-17-21-18(7-9-23(16,17)3)22(2)8-6-15(24)11-14(22)12-19(21)25;;/h13-19,21,24-25H,4-12H2,1-3H3,(H,26,27);;/q;+1;-1/t13-,14+,15-,16-,17+,18+,19+,21+,22+,23-;;/m1../s1. The van der Waals surface area contributed by atoms with E-state index in [-0.39, 0.29) is 88.2 Å². The van der Waals surface area contributed by atoms with Gasteiger partial charge >= 0.3 is 57.4 Å². The maximum atomic E-state index is 11.3. The molecule has 5 heteroatoms. The molecule has 4 rings (SSSR count). The average molecular weight is 419 g/mol. The summed E-state index contributed by atoms with van der Waals surface area (Å²) in [5, 5.41) is 30.7. The Bertz CT molecular complexity index is 603. The summed E-state index contributed by atoms with van der Waals surface area (Å²) in [4.78, 5) is 11.3. The molecule has 0 bridgehead atoms. The van der Waals surface area contributed by atoms with Crippen LogP contribution in [0.5, 0.6) is 0 Å². The summed E-state index contributed by atoms with van der Waals surface area (Å²) >= 11 is 0. The number of carboxylic acid groups (broad SMARTS) is 1. The number of hydrogen-bond acceptors (Lipinski definition) is 3. The predicted molar refractivity (Wildman–Crippen MR) is 105 cm³/mol. The van der Waals surface area contributed by atoms with Crippen molar-refractivity contribution in [2.45, 2.75) is 90.8 Å². The van der Waals surface area contributed by atoms with Crippen LogP contribution in [-0.2, 0) is 4.79 Å². The monoisotopic (exact) mass is 418 g/mol. The Morgan fingerprint density at radius 3 is 2.36 bits per heavy atom. The van der Waals surface area contributed by atoms with E-state index in [0.717, 1.165) is 44.9 Å². The van der Waals surface area contributed by atoms with E-state index in [0.29, 0.717) is 29.6 Å². The molecule has 28 heavy (non-hydrogen) atoms. The van der Waals surface area contributed by atoms with Gasteiger partial charge in [-0.25, -0.2) is 0 Å². The van der Waals surface area contributed by atoms with Crippen LogP contribution in [0.25, 0.3) is 0 Å². The van der Waals surface area contributed by atoms with E-state index in [9.17, 15) is 20.1 Å². The summed E-state index contributed by atoms with van der Waals surface area (Å²) in [7, 11) is 0. The van der Waals surface area contributed by atoms with Crippen molar-refractivity contribution >= 4 is 5.97 Å². The molecule has 0 radical (unpaired) electrons. The molecular weight excluding hydrogens is 379 g/mol. The third kappa shape index (κ3) is 3.73. The van der Waals surface area contributed by atoms with Gasteiger partial charge < -0.3 is 16.7 Å². The van der Waals surface area contributed by atoms with Gasteiger partial charge in [-0.1, -0.05) is 20.8 Å². The number of hydrogen-bond donors (Lipinski definition) is 3. The van der Waals surface area contributed by atoms with Crippen molar-refractivity contribution < 1.29 is 72.9 Å². The number of rotatable bonds is 3. The van der Waals surface area contributed by atoms with E-state index >= 15 is 0 Å². The quantitative estimate of drug-likeness (QED) is 0.602. The van der Waals surface area contributed by atoms with Gasteiger partial charge in [-0.15, -0.1) is 0 Å². The van der Waals surface area contributed by atoms with Crippen molar-refractivity contribution in [2.75, 3.05) is 0 Å². The van der Waals surface area contributed by atoms with Gasteiger partial charge in [-0.05, 0) is 97.7 Å². The fraction of sp³-hybridized carbons (Fsp3) is 0.957. The first-order valence-corrected chi connectivity index (χ1v) is 11.2. The molecule has 0 aliphatic heterocycles. The first-order chi connectivity index (χ1) is 12.7. The first-order valence-electron chi connectivity index (χ1n) is 11.2. The predicted octanol–water partition coefficient (Wildman–Crippen LogP) is 1.20. The minimum Gasteiger partial charge on any atom is -1.00 e. The fourth-order valence-corrected chi connectivity index (χ4v) is 8.59. The van der Waals surface area contributed by atoms with Gasteiger partial charge in [0, 0.05) is 6.42 Å². The van der Waals surface area contributed by atoms with Crippen LogP contribution < -0.4 is 51.4 Å². The SMILES string of the molecule is C[C@H](CC(=O)O)[C@H]1CC[C@H]2[C@@H]3[C@@H](O)C[C@@H]4C[C@H](O)CC[C@]4(C)[C@H]3CC[C@]12C.[H-].[K+]. The molecule has 156 valence electrons. The molecule has 4 saturated carbocycles. The summed E-state index contributed by atoms with van der Waals surface area (Å²) < 4.78 is 0. The summed E-state index contributed by atoms with van der Waals surface area (Å²) in [6.45, 7) is 6.96. The molecule has 0 aromatic carbocycles. The number of fused-ring (bicyclic) bond motifs is 5. The van der Waals surface area contributed by atoms with Crippen LogP contribution in [0.4, 0.5) is 0 Å². The maximum Gasteiger partial charge on any atom is 1.00 e. The largest absolute Gasteiger partial charge is 1.00 e. The summed E-state index contributed by atoms with van der Waals surface area (Å²) in [6, 6.07) is 0. The molecule has 0 aromatic heterocycles. The zero-order valence-corrected chi connectivity index (χ0v) is 21.4. The van der Waals surface area contributed by atoms with Crippen LogP contribution in [0.3, 0.4) is 0 Å². The molecule has 4 nitrogen and oxygen atoms in total. The number of carbonyl (C=O) groups is 1. The van der Waals surface area contributed by atoms with Gasteiger partial charge in [0.1, 0.15) is 0 Å². The average Bonchev–Trinajstić information content (AvgIpc) is 2.93. The van der Waals surface area contributed by atoms with E-state index < -0.39 is 5.97 Å². The second-order valence-corrected chi connectivity index (χ2v) is 11.0. The van der Waals surface area contributed by atoms with Crippen LogP contribution in [-0.4, -0.2) is 33.5 Å². The fourth-order valence-electron chi connectivity index (χ4n) is 8.59. The Morgan fingerprint density at radius 2 is 1.68 bits per heavy atom. The van der Waals surface area contributed by atoms with Gasteiger partial charge in [-0.2, -0.15) is 0 Å². The normalized spacial score (nSPS) is 51.2. The Labute approximate surface area is 214 Å². The van der Waals surface area contributed by atoms with E-state index in [1.807, 2.05) is 0 Å². The van der Waals surface area contributed by atoms with Crippen molar-refractivity contribution in [1.29, 1.82) is 0 Å². The Morgan fingerprint density at radius 1 is 1.04 bits per heavy atom. The molecule has 0 spiro atoms. The molecule has 4 fully saturated rings. The number of aliphatic carboxylic acids is 1.